The molecule has 0 saturated heterocycles. The summed E-state index contributed by atoms with van der Waals surface area (Å²) in [7, 11) is -3.50. The van der Waals surface area contributed by atoms with Gasteiger partial charge in [0.1, 0.15) is 4.90 Å². The number of benzene rings is 2. The van der Waals surface area contributed by atoms with Gasteiger partial charge in [0.25, 0.3) is 0 Å². The number of aromatic hydroxyl groups is 1. The third-order valence-electron chi connectivity index (χ3n) is 2.82. The van der Waals surface area contributed by atoms with Gasteiger partial charge in [0.15, 0.2) is 34.8 Å². The highest BCUT2D eigenvalue weighted by atomic mass is 32.2. The molecule has 1 N–H and O–H groups in total. The Morgan fingerprint density at radius 1 is 1.00 bits per heavy atom. The van der Waals surface area contributed by atoms with Crippen LogP contribution in [0.1, 0.15) is 0 Å². The SMILES string of the molecule is COc1ccc(S(=O)(=O)c2cc(F)c(F)c(F)c2F)cc1O. The van der Waals surface area contributed by atoms with Crippen molar-refractivity contribution in [2.24, 2.45) is 0 Å². The van der Waals surface area contributed by atoms with E-state index < -0.39 is 48.6 Å². The zero-order valence-electron chi connectivity index (χ0n) is 10.9. The van der Waals surface area contributed by atoms with Crippen molar-refractivity contribution in [2.75, 3.05) is 7.11 Å². The molecule has 2 rings (SSSR count). The van der Waals surface area contributed by atoms with E-state index in [0.717, 1.165) is 12.1 Å². The summed E-state index contributed by atoms with van der Waals surface area (Å²) < 4.78 is 81.9. The lowest BCUT2D eigenvalue weighted by molar-refractivity contribution is 0.372. The number of methoxy groups -OCH3 is 1. The van der Waals surface area contributed by atoms with Gasteiger partial charge in [-0.2, -0.15) is 0 Å². The molecule has 0 fully saturated rings. The summed E-state index contributed by atoms with van der Waals surface area (Å²) in [6.45, 7) is 0. The average Bonchev–Trinajstić information content (AvgIpc) is 2.48. The van der Waals surface area contributed by atoms with Crippen molar-refractivity contribution in [3.05, 3.63) is 47.5 Å². The molecule has 0 unspecified atom stereocenters. The molecule has 0 radical (unpaired) electrons. The van der Waals surface area contributed by atoms with E-state index in [4.69, 9.17) is 4.74 Å². The first kappa shape index (κ1) is 16.1. The monoisotopic (exact) mass is 336 g/mol. The molecule has 0 aliphatic heterocycles. The largest absolute Gasteiger partial charge is 0.504 e. The van der Waals surface area contributed by atoms with Crippen molar-refractivity contribution in [3.8, 4) is 11.5 Å². The van der Waals surface area contributed by atoms with Crippen LogP contribution < -0.4 is 4.74 Å². The molecule has 0 bridgehead atoms. The van der Waals surface area contributed by atoms with Crippen LogP contribution in [0.2, 0.25) is 0 Å². The fourth-order valence-corrected chi connectivity index (χ4v) is 3.06. The minimum Gasteiger partial charge on any atom is -0.504 e. The molecule has 9 heteroatoms. The van der Waals surface area contributed by atoms with E-state index in [1.165, 1.54) is 7.11 Å². The number of hydrogen-bond donors (Lipinski definition) is 1. The van der Waals surface area contributed by atoms with Crippen LogP contribution in [-0.4, -0.2) is 20.6 Å². The fraction of sp³-hybridized carbons (Fsp3) is 0.0769. The first-order chi connectivity index (χ1) is 10.2. The third kappa shape index (κ3) is 2.47. The first-order valence-electron chi connectivity index (χ1n) is 5.65. The predicted octanol–water partition coefficient (Wildman–Crippen LogP) is 2.79. The molecule has 0 aromatic heterocycles. The molecule has 0 aliphatic carbocycles. The molecule has 4 nitrogen and oxygen atoms in total. The minimum atomic E-state index is -4.72. The number of ether oxygens (including phenoxy) is 1. The quantitative estimate of drug-likeness (QED) is 0.405. The summed E-state index contributed by atoms with van der Waals surface area (Å²) in [6.07, 6.45) is 0. The lowest BCUT2D eigenvalue weighted by atomic mass is 10.3. The van der Waals surface area contributed by atoms with Gasteiger partial charge in [-0.25, -0.2) is 26.0 Å². The summed E-state index contributed by atoms with van der Waals surface area (Å²) >= 11 is 0. The maximum absolute atomic E-state index is 13.6. The molecule has 22 heavy (non-hydrogen) atoms. The Morgan fingerprint density at radius 3 is 2.18 bits per heavy atom. The van der Waals surface area contributed by atoms with E-state index >= 15 is 0 Å². The van der Waals surface area contributed by atoms with Gasteiger partial charge in [-0.05, 0) is 18.2 Å². The van der Waals surface area contributed by atoms with Crippen molar-refractivity contribution in [2.45, 2.75) is 9.79 Å². The number of hydrogen-bond acceptors (Lipinski definition) is 4. The van der Waals surface area contributed by atoms with Crippen LogP contribution in [0.4, 0.5) is 17.6 Å². The van der Waals surface area contributed by atoms with E-state index in [-0.39, 0.29) is 11.8 Å². The third-order valence-corrected chi connectivity index (χ3v) is 4.57. The Labute approximate surface area is 122 Å². The average molecular weight is 336 g/mol. The van der Waals surface area contributed by atoms with Crippen molar-refractivity contribution >= 4 is 9.84 Å². The van der Waals surface area contributed by atoms with Crippen LogP contribution in [0.25, 0.3) is 0 Å². The van der Waals surface area contributed by atoms with Crippen LogP contribution in [0.5, 0.6) is 11.5 Å². The van der Waals surface area contributed by atoms with E-state index in [1.54, 1.807) is 0 Å². The second-order valence-corrected chi connectivity index (χ2v) is 6.05. The molecule has 118 valence electrons. The number of phenolic OH excluding ortho intramolecular Hbond substituents is 1. The van der Waals surface area contributed by atoms with E-state index in [0.29, 0.717) is 6.07 Å². The van der Waals surface area contributed by atoms with Crippen LogP contribution >= 0.6 is 0 Å². The smallest absolute Gasteiger partial charge is 0.209 e. The molecule has 0 spiro atoms. The summed E-state index contributed by atoms with van der Waals surface area (Å²) in [6, 6.07) is 2.75. The Balaban J connectivity index is 2.68. The molecular weight excluding hydrogens is 328 g/mol. The lowest BCUT2D eigenvalue weighted by Gasteiger charge is -2.09. The number of rotatable bonds is 3. The van der Waals surface area contributed by atoms with Crippen molar-refractivity contribution in [1.82, 2.24) is 0 Å². The van der Waals surface area contributed by atoms with Gasteiger partial charge in [-0.15, -0.1) is 0 Å². The molecule has 2 aromatic rings. The van der Waals surface area contributed by atoms with Crippen molar-refractivity contribution < 1.29 is 35.8 Å². The Hall–Kier alpha value is -2.29. The zero-order chi connectivity index (χ0) is 16.7. The molecule has 0 aliphatic rings. The number of phenols is 1. The number of halogens is 4. The minimum absolute atomic E-state index is 0.0321. The normalized spacial score (nSPS) is 11.5. The first-order valence-corrected chi connectivity index (χ1v) is 7.13. The summed E-state index contributed by atoms with van der Waals surface area (Å²) in [5.41, 5.74) is 0. The van der Waals surface area contributed by atoms with Gasteiger partial charge < -0.3 is 9.84 Å². The predicted molar refractivity (Wildman–Crippen MR) is 66.4 cm³/mol. The highest BCUT2D eigenvalue weighted by Gasteiger charge is 2.29. The molecule has 0 amide bonds. The second kappa shape index (κ2) is 5.48. The van der Waals surface area contributed by atoms with Gasteiger partial charge >= 0.3 is 0 Å². The summed E-state index contributed by atoms with van der Waals surface area (Å²) in [5.74, 6) is -8.89. The second-order valence-electron chi connectivity index (χ2n) is 4.14. The fourth-order valence-electron chi connectivity index (χ4n) is 1.71. The Bertz CT molecular complexity index is 850. The van der Waals surface area contributed by atoms with Gasteiger partial charge in [-0.1, -0.05) is 0 Å². The van der Waals surface area contributed by atoms with Crippen LogP contribution in [0.3, 0.4) is 0 Å². The lowest BCUT2D eigenvalue weighted by Crippen LogP contribution is -2.09. The van der Waals surface area contributed by atoms with E-state index in [1.807, 2.05) is 0 Å². The molecular formula is C13H8F4O4S. The van der Waals surface area contributed by atoms with Gasteiger partial charge in [0, 0.05) is 6.07 Å². The maximum atomic E-state index is 13.6. The maximum Gasteiger partial charge on any atom is 0.209 e. The zero-order valence-corrected chi connectivity index (χ0v) is 11.7. The highest BCUT2D eigenvalue weighted by Crippen LogP contribution is 2.33. The number of sulfone groups is 1. The summed E-state index contributed by atoms with van der Waals surface area (Å²) in [5, 5.41) is 9.53. The van der Waals surface area contributed by atoms with Gasteiger partial charge in [0.05, 0.1) is 12.0 Å². The van der Waals surface area contributed by atoms with Crippen LogP contribution in [-0.2, 0) is 9.84 Å². The standard InChI is InChI=1S/C13H8F4O4S/c1-21-9-3-2-6(4-8(9)18)22(19,20)10-5-7(14)11(15)13(17)12(10)16/h2-5,18H,1H3. The molecule has 0 saturated carbocycles. The molecule has 2 aromatic carbocycles. The van der Waals surface area contributed by atoms with Crippen LogP contribution in [0, 0.1) is 23.3 Å². The molecule has 0 atom stereocenters. The van der Waals surface area contributed by atoms with E-state index in [9.17, 15) is 31.1 Å². The van der Waals surface area contributed by atoms with Crippen molar-refractivity contribution in [1.29, 1.82) is 0 Å². The van der Waals surface area contributed by atoms with Gasteiger partial charge in [-0.3, -0.25) is 0 Å². The summed E-state index contributed by atoms with van der Waals surface area (Å²) in [4.78, 5) is -2.02. The molecule has 0 heterocycles. The topological polar surface area (TPSA) is 63.6 Å². The Kier molecular flexibility index (Phi) is 4.01. The van der Waals surface area contributed by atoms with Crippen molar-refractivity contribution in [3.63, 3.8) is 0 Å². The van der Waals surface area contributed by atoms with E-state index in [2.05, 4.69) is 0 Å². The Morgan fingerprint density at radius 2 is 1.64 bits per heavy atom. The van der Waals surface area contributed by atoms with Gasteiger partial charge in [0.2, 0.25) is 9.84 Å². The highest BCUT2D eigenvalue weighted by molar-refractivity contribution is 7.91. The van der Waals surface area contributed by atoms with Crippen LogP contribution in [0.15, 0.2) is 34.1 Å².